The van der Waals surface area contributed by atoms with Crippen molar-refractivity contribution in [2.75, 3.05) is 18.9 Å². The van der Waals surface area contributed by atoms with Crippen LogP contribution >= 0.6 is 0 Å². The van der Waals surface area contributed by atoms with Crippen molar-refractivity contribution in [3.05, 3.63) is 28.7 Å². The maximum atomic E-state index is 12.0. The van der Waals surface area contributed by atoms with Crippen LogP contribution in [-0.2, 0) is 11.3 Å². The Balaban J connectivity index is 2.85. The van der Waals surface area contributed by atoms with Crippen molar-refractivity contribution in [1.82, 2.24) is 9.47 Å². The zero-order chi connectivity index (χ0) is 13.7. The second kappa shape index (κ2) is 6.20. The van der Waals surface area contributed by atoms with Crippen LogP contribution in [0.4, 0.5) is 5.69 Å². The molecule has 1 rings (SSSR count). The van der Waals surface area contributed by atoms with E-state index >= 15 is 0 Å². The van der Waals surface area contributed by atoms with Crippen LogP contribution in [0.15, 0.2) is 23.1 Å². The number of carbonyl (C=O) groups is 1. The molecule has 100 valence electrons. The van der Waals surface area contributed by atoms with Gasteiger partial charge in [-0.05, 0) is 19.9 Å². The van der Waals surface area contributed by atoms with Crippen LogP contribution in [0.1, 0.15) is 13.8 Å². The van der Waals surface area contributed by atoms with Crippen molar-refractivity contribution in [3.63, 3.8) is 0 Å². The molecule has 0 aliphatic carbocycles. The standard InChI is InChI=1S/C12H19N3O3/c1-9(2)15(5-6-16)12(18)8-14-7-10(13)3-4-11(14)17/h3-4,7,9,16H,5-6,8,13H2,1-2H3. The van der Waals surface area contributed by atoms with Gasteiger partial charge in [-0.15, -0.1) is 0 Å². The number of rotatable bonds is 5. The molecule has 1 aromatic rings. The van der Waals surface area contributed by atoms with Crippen LogP contribution in [-0.4, -0.2) is 39.7 Å². The highest BCUT2D eigenvalue weighted by atomic mass is 16.3. The van der Waals surface area contributed by atoms with Gasteiger partial charge >= 0.3 is 0 Å². The highest BCUT2D eigenvalue weighted by Gasteiger charge is 2.16. The van der Waals surface area contributed by atoms with E-state index < -0.39 is 0 Å². The fourth-order valence-corrected chi connectivity index (χ4v) is 1.69. The number of nitrogens with two attached hydrogens (primary N) is 1. The molecule has 0 bridgehead atoms. The van der Waals surface area contributed by atoms with Gasteiger partial charge in [-0.3, -0.25) is 9.59 Å². The van der Waals surface area contributed by atoms with E-state index in [2.05, 4.69) is 0 Å². The summed E-state index contributed by atoms with van der Waals surface area (Å²) < 4.78 is 1.27. The molecular formula is C12H19N3O3. The summed E-state index contributed by atoms with van der Waals surface area (Å²) in [6.07, 6.45) is 1.44. The summed E-state index contributed by atoms with van der Waals surface area (Å²) in [5.41, 5.74) is 5.73. The van der Waals surface area contributed by atoms with Gasteiger partial charge < -0.3 is 20.3 Å². The van der Waals surface area contributed by atoms with E-state index in [1.54, 1.807) is 0 Å². The molecule has 0 fully saturated rings. The molecule has 0 aliphatic heterocycles. The predicted molar refractivity (Wildman–Crippen MR) is 69.0 cm³/mol. The first-order chi connectivity index (χ1) is 8.45. The zero-order valence-electron chi connectivity index (χ0n) is 10.7. The number of amides is 1. The van der Waals surface area contributed by atoms with Crippen LogP contribution in [0.25, 0.3) is 0 Å². The lowest BCUT2D eigenvalue weighted by Gasteiger charge is -2.26. The Morgan fingerprint density at radius 3 is 2.72 bits per heavy atom. The van der Waals surface area contributed by atoms with E-state index in [9.17, 15) is 9.59 Å². The highest BCUT2D eigenvalue weighted by Crippen LogP contribution is 2.01. The fraction of sp³-hybridized carbons (Fsp3) is 0.500. The minimum Gasteiger partial charge on any atom is -0.398 e. The minimum absolute atomic E-state index is 0.0265. The number of aliphatic hydroxyl groups is 1. The quantitative estimate of drug-likeness (QED) is 0.751. The van der Waals surface area contributed by atoms with Crippen molar-refractivity contribution in [1.29, 1.82) is 0 Å². The van der Waals surface area contributed by atoms with Gasteiger partial charge in [0.05, 0.1) is 6.61 Å². The van der Waals surface area contributed by atoms with E-state index in [-0.39, 0.29) is 37.2 Å². The predicted octanol–water partition coefficient (Wildman–Crippen LogP) is -0.340. The van der Waals surface area contributed by atoms with E-state index in [1.165, 1.54) is 27.8 Å². The van der Waals surface area contributed by atoms with Crippen LogP contribution in [0.2, 0.25) is 0 Å². The second-order valence-electron chi connectivity index (χ2n) is 4.33. The van der Waals surface area contributed by atoms with Gasteiger partial charge in [0.2, 0.25) is 5.91 Å². The van der Waals surface area contributed by atoms with Crippen molar-refractivity contribution in [2.24, 2.45) is 0 Å². The lowest BCUT2D eigenvalue weighted by atomic mass is 10.3. The normalized spacial score (nSPS) is 10.7. The number of aliphatic hydroxyl groups excluding tert-OH is 1. The van der Waals surface area contributed by atoms with Gasteiger partial charge in [-0.1, -0.05) is 0 Å². The largest absolute Gasteiger partial charge is 0.398 e. The average Bonchev–Trinajstić information content (AvgIpc) is 2.30. The minimum atomic E-state index is -0.273. The van der Waals surface area contributed by atoms with Crippen LogP contribution in [0, 0.1) is 0 Å². The molecule has 6 heteroatoms. The fourth-order valence-electron chi connectivity index (χ4n) is 1.69. The lowest BCUT2D eigenvalue weighted by Crippen LogP contribution is -2.42. The molecular weight excluding hydrogens is 234 g/mol. The summed E-state index contributed by atoms with van der Waals surface area (Å²) in [5, 5.41) is 8.92. The SMILES string of the molecule is CC(C)N(CCO)C(=O)Cn1cc(N)ccc1=O. The smallest absolute Gasteiger partial charge is 0.251 e. The van der Waals surface area contributed by atoms with E-state index in [1.807, 2.05) is 13.8 Å². The summed E-state index contributed by atoms with van der Waals surface area (Å²) in [4.78, 5) is 25.1. The zero-order valence-corrected chi connectivity index (χ0v) is 10.7. The highest BCUT2D eigenvalue weighted by molar-refractivity contribution is 5.76. The van der Waals surface area contributed by atoms with Crippen LogP contribution in [0.3, 0.4) is 0 Å². The maximum Gasteiger partial charge on any atom is 0.251 e. The molecule has 0 aromatic carbocycles. The maximum absolute atomic E-state index is 12.0. The molecule has 0 radical (unpaired) electrons. The van der Waals surface area contributed by atoms with Gasteiger partial charge in [-0.25, -0.2) is 0 Å². The van der Waals surface area contributed by atoms with Crippen molar-refractivity contribution in [3.8, 4) is 0 Å². The number of hydrogen-bond acceptors (Lipinski definition) is 4. The number of anilines is 1. The topological polar surface area (TPSA) is 88.6 Å². The van der Waals surface area contributed by atoms with E-state index in [0.717, 1.165) is 0 Å². The van der Waals surface area contributed by atoms with Crippen molar-refractivity contribution in [2.45, 2.75) is 26.4 Å². The number of nitrogen functional groups attached to an aromatic ring is 1. The summed E-state index contributed by atoms with van der Waals surface area (Å²) in [5.74, 6) is -0.216. The molecule has 0 saturated carbocycles. The Labute approximate surface area is 106 Å². The van der Waals surface area contributed by atoms with Gasteiger partial charge in [-0.2, -0.15) is 0 Å². The van der Waals surface area contributed by atoms with Gasteiger partial charge in [0.25, 0.3) is 5.56 Å². The Kier molecular flexibility index (Phi) is 4.91. The molecule has 0 aliphatic rings. The summed E-state index contributed by atoms with van der Waals surface area (Å²) in [6.45, 7) is 3.80. The molecule has 0 spiro atoms. The molecule has 6 nitrogen and oxygen atoms in total. The third kappa shape index (κ3) is 3.59. The number of carbonyl (C=O) groups excluding carboxylic acids is 1. The molecule has 0 saturated heterocycles. The first-order valence-electron chi connectivity index (χ1n) is 5.82. The third-order valence-corrected chi connectivity index (χ3v) is 2.60. The summed E-state index contributed by atoms with van der Waals surface area (Å²) in [6, 6.07) is 2.80. The molecule has 1 heterocycles. The Hall–Kier alpha value is -1.82. The first kappa shape index (κ1) is 14.2. The molecule has 0 atom stereocenters. The van der Waals surface area contributed by atoms with Crippen molar-refractivity contribution < 1.29 is 9.90 Å². The number of pyridine rings is 1. The van der Waals surface area contributed by atoms with E-state index in [4.69, 9.17) is 10.8 Å². The van der Waals surface area contributed by atoms with E-state index in [0.29, 0.717) is 5.69 Å². The first-order valence-corrected chi connectivity index (χ1v) is 5.82. The molecule has 1 amide bonds. The Bertz CT molecular complexity index is 468. The van der Waals surface area contributed by atoms with Crippen LogP contribution in [0.5, 0.6) is 0 Å². The molecule has 18 heavy (non-hydrogen) atoms. The van der Waals surface area contributed by atoms with Gasteiger partial charge in [0.15, 0.2) is 0 Å². The van der Waals surface area contributed by atoms with Crippen molar-refractivity contribution >= 4 is 11.6 Å². The molecule has 3 N–H and O–H groups in total. The molecule has 1 aromatic heterocycles. The lowest BCUT2D eigenvalue weighted by molar-refractivity contribution is -0.134. The van der Waals surface area contributed by atoms with Gasteiger partial charge in [0.1, 0.15) is 6.54 Å². The second-order valence-corrected chi connectivity index (χ2v) is 4.33. The van der Waals surface area contributed by atoms with Crippen LogP contribution < -0.4 is 11.3 Å². The summed E-state index contributed by atoms with van der Waals surface area (Å²) >= 11 is 0. The molecule has 0 unspecified atom stereocenters. The van der Waals surface area contributed by atoms with Gasteiger partial charge in [0, 0.05) is 30.5 Å². The summed E-state index contributed by atoms with van der Waals surface area (Å²) in [7, 11) is 0. The number of hydrogen-bond donors (Lipinski definition) is 2. The third-order valence-electron chi connectivity index (χ3n) is 2.60. The number of nitrogens with zero attached hydrogens (tertiary/aromatic N) is 2. The Morgan fingerprint density at radius 1 is 1.50 bits per heavy atom. The average molecular weight is 253 g/mol. The Morgan fingerprint density at radius 2 is 2.17 bits per heavy atom. The number of aromatic nitrogens is 1. The monoisotopic (exact) mass is 253 g/mol.